The molecule has 12 heavy (non-hydrogen) atoms. The molecule has 0 aromatic rings. The van der Waals surface area contributed by atoms with Crippen molar-refractivity contribution in [3.05, 3.63) is 0 Å². The van der Waals surface area contributed by atoms with Gasteiger partial charge in [0.05, 0.1) is 0 Å². The average Bonchev–Trinajstić information content (AvgIpc) is 2.19. The minimum atomic E-state index is 0. The highest BCUT2D eigenvalue weighted by Gasteiger charge is 1.83. The van der Waals surface area contributed by atoms with Crippen molar-refractivity contribution in [2.24, 2.45) is 0 Å². The van der Waals surface area contributed by atoms with Gasteiger partial charge in [-0.2, -0.15) is 0 Å². The molecule has 0 N–H and O–H groups in total. The van der Waals surface area contributed by atoms with Crippen LogP contribution >= 0.6 is 0 Å². The van der Waals surface area contributed by atoms with Crippen molar-refractivity contribution in [2.45, 2.75) is 80.1 Å². The van der Waals surface area contributed by atoms with Crippen molar-refractivity contribution in [2.75, 3.05) is 0 Å². The fourth-order valence-electron chi connectivity index (χ4n) is 0.854. The van der Waals surface area contributed by atoms with E-state index in [1.807, 2.05) is 27.7 Å². The Morgan fingerprint density at radius 3 is 1.00 bits per heavy atom. The van der Waals surface area contributed by atoms with E-state index in [0.717, 1.165) is 0 Å². The molecule has 0 bridgehead atoms. The molecule has 0 atom stereocenters. The summed E-state index contributed by atoms with van der Waals surface area (Å²) in [7, 11) is 0. The Kier molecular flexibility index (Phi) is 45.6. The van der Waals surface area contributed by atoms with Crippen LogP contribution in [0, 0.1) is 0 Å². The van der Waals surface area contributed by atoms with E-state index < -0.39 is 0 Å². The van der Waals surface area contributed by atoms with Gasteiger partial charge >= 0.3 is 0 Å². The van der Waals surface area contributed by atoms with Crippen molar-refractivity contribution in [3.63, 3.8) is 0 Å². The van der Waals surface area contributed by atoms with E-state index in [1.165, 1.54) is 38.5 Å². The molecule has 0 saturated heterocycles. The van der Waals surface area contributed by atoms with Gasteiger partial charge in [-0.05, 0) is 0 Å². The number of hydrogen-bond acceptors (Lipinski definition) is 0. The van der Waals surface area contributed by atoms with Gasteiger partial charge < -0.3 is 0 Å². The summed E-state index contributed by atoms with van der Waals surface area (Å²) in [4.78, 5) is 0. The summed E-state index contributed by atoms with van der Waals surface area (Å²) in [5.41, 5.74) is 0. The third kappa shape index (κ3) is 32.4. The largest absolute Gasteiger partial charge is 0.0683 e. The summed E-state index contributed by atoms with van der Waals surface area (Å²) >= 11 is 0. The van der Waals surface area contributed by atoms with Gasteiger partial charge in [-0.15, -0.1) is 0 Å². The first kappa shape index (κ1) is 17.9. The molecular formula is C12H32. The number of rotatable bonds is 5. The Bertz CT molecular complexity index is 30.1. The van der Waals surface area contributed by atoms with Crippen molar-refractivity contribution in [1.82, 2.24) is 0 Å². The van der Waals surface area contributed by atoms with Gasteiger partial charge in [-0.1, -0.05) is 80.1 Å². The van der Waals surface area contributed by atoms with Crippen LogP contribution in [0.2, 0.25) is 0 Å². The fraction of sp³-hybridized carbons (Fsp3) is 1.00. The van der Waals surface area contributed by atoms with E-state index in [0.29, 0.717) is 0 Å². The Morgan fingerprint density at radius 1 is 0.583 bits per heavy atom. The van der Waals surface area contributed by atoms with E-state index >= 15 is 0 Å². The molecule has 0 fully saturated rings. The van der Waals surface area contributed by atoms with Crippen molar-refractivity contribution < 1.29 is 1.43 Å². The van der Waals surface area contributed by atoms with Gasteiger partial charge in [0.2, 0.25) is 0 Å². The molecule has 0 aliphatic rings. The molecule has 0 aliphatic heterocycles. The first-order valence-electron chi connectivity index (χ1n) is 5.91. The minimum Gasteiger partial charge on any atom is -0.0683 e. The summed E-state index contributed by atoms with van der Waals surface area (Å²) in [6, 6.07) is 0. The molecule has 80 valence electrons. The normalized spacial score (nSPS) is 7.50. The quantitative estimate of drug-likeness (QED) is 0.474. The Hall–Kier alpha value is 0. The Morgan fingerprint density at radius 2 is 0.833 bits per heavy atom. The zero-order chi connectivity index (χ0) is 10.2. The summed E-state index contributed by atoms with van der Waals surface area (Å²) in [6.07, 6.45) is 8.49. The highest BCUT2D eigenvalue weighted by Crippen LogP contribution is 2.03. The summed E-state index contributed by atoms with van der Waals surface area (Å²) < 4.78 is 0. The first-order chi connectivity index (χ1) is 5.91. The van der Waals surface area contributed by atoms with E-state index in [1.54, 1.807) is 0 Å². The van der Waals surface area contributed by atoms with Crippen LogP contribution in [-0.4, -0.2) is 0 Å². The molecule has 0 saturated carbocycles. The standard InChI is InChI=1S/C8H18.2C2H6.H2/c1-3-5-7-8-6-4-2;2*1-2;/h3-8H2,1-2H3;2*1-2H3;1H. The van der Waals surface area contributed by atoms with Gasteiger partial charge in [-0.25, -0.2) is 0 Å². The van der Waals surface area contributed by atoms with Crippen LogP contribution in [-0.2, 0) is 0 Å². The molecule has 0 radical (unpaired) electrons. The molecule has 0 spiro atoms. The maximum Gasteiger partial charge on any atom is 0 e. The molecule has 0 aliphatic carbocycles. The van der Waals surface area contributed by atoms with Gasteiger partial charge in [0.1, 0.15) is 0 Å². The highest BCUT2D eigenvalue weighted by molar-refractivity contribution is 4.39. The van der Waals surface area contributed by atoms with Crippen LogP contribution in [0.1, 0.15) is 81.5 Å². The molecule has 0 amide bonds. The van der Waals surface area contributed by atoms with Gasteiger partial charge in [0, 0.05) is 1.43 Å². The lowest BCUT2D eigenvalue weighted by Gasteiger charge is -1.93. The average molecular weight is 176 g/mol. The Labute approximate surface area is 82.3 Å². The predicted octanol–water partition coefficient (Wildman–Crippen LogP) is 5.67. The van der Waals surface area contributed by atoms with Crippen LogP contribution < -0.4 is 0 Å². The summed E-state index contributed by atoms with van der Waals surface area (Å²) in [6.45, 7) is 12.5. The lowest BCUT2D eigenvalue weighted by Crippen LogP contribution is -1.73. The maximum absolute atomic E-state index is 2.26. The van der Waals surface area contributed by atoms with Crippen LogP contribution in [0.4, 0.5) is 0 Å². The first-order valence-corrected chi connectivity index (χ1v) is 5.91. The molecular weight excluding hydrogens is 144 g/mol. The van der Waals surface area contributed by atoms with E-state index in [4.69, 9.17) is 0 Å². The highest BCUT2D eigenvalue weighted by atomic mass is 13.9. The number of unbranched alkanes of at least 4 members (excludes halogenated alkanes) is 5. The second kappa shape index (κ2) is 30.6. The SMILES string of the molecule is CC.CC.CCCCCCCC.[HH]. The third-order valence-corrected chi connectivity index (χ3v) is 1.46. The smallest absolute Gasteiger partial charge is 0 e. The zero-order valence-corrected chi connectivity index (χ0v) is 10.2. The van der Waals surface area contributed by atoms with Crippen molar-refractivity contribution in [1.29, 1.82) is 0 Å². The zero-order valence-electron chi connectivity index (χ0n) is 10.2. The predicted molar refractivity (Wildman–Crippen MR) is 63.9 cm³/mol. The summed E-state index contributed by atoms with van der Waals surface area (Å²) in [5, 5.41) is 0. The van der Waals surface area contributed by atoms with Crippen LogP contribution in [0.15, 0.2) is 0 Å². The lowest BCUT2D eigenvalue weighted by molar-refractivity contribution is 0.624. The lowest BCUT2D eigenvalue weighted by atomic mass is 10.1. The minimum absolute atomic E-state index is 0. The monoisotopic (exact) mass is 176 g/mol. The molecule has 0 heterocycles. The van der Waals surface area contributed by atoms with Crippen LogP contribution in [0.5, 0.6) is 0 Å². The Balaban J connectivity index is -0.0000000712. The van der Waals surface area contributed by atoms with Gasteiger partial charge in [0.15, 0.2) is 0 Å². The molecule has 0 unspecified atom stereocenters. The van der Waals surface area contributed by atoms with Gasteiger partial charge in [-0.3, -0.25) is 0 Å². The maximum atomic E-state index is 2.26. The molecule has 0 rings (SSSR count). The van der Waals surface area contributed by atoms with Crippen molar-refractivity contribution in [3.8, 4) is 0 Å². The molecule has 0 heteroatoms. The molecule has 0 nitrogen and oxygen atoms in total. The molecule has 0 aromatic heterocycles. The fourth-order valence-corrected chi connectivity index (χ4v) is 0.854. The molecule has 0 aromatic carbocycles. The second-order valence-corrected chi connectivity index (χ2v) is 2.41. The summed E-state index contributed by atoms with van der Waals surface area (Å²) in [5.74, 6) is 0. The van der Waals surface area contributed by atoms with Crippen LogP contribution in [0.25, 0.3) is 0 Å². The van der Waals surface area contributed by atoms with E-state index in [2.05, 4.69) is 13.8 Å². The van der Waals surface area contributed by atoms with Crippen molar-refractivity contribution >= 4 is 0 Å². The van der Waals surface area contributed by atoms with E-state index in [-0.39, 0.29) is 1.43 Å². The second-order valence-electron chi connectivity index (χ2n) is 2.41. The topological polar surface area (TPSA) is 0 Å². The number of hydrogen-bond donors (Lipinski definition) is 0. The third-order valence-electron chi connectivity index (χ3n) is 1.46. The van der Waals surface area contributed by atoms with Gasteiger partial charge in [0.25, 0.3) is 0 Å². The van der Waals surface area contributed by atoms with Crippen LogP contribution in [0.3, 0.4) is 0 Å². The van der Waals surface area contributed by atoms with E-state index in [9.17, 15) is 0 Å².